The molecule has 0 aromatic heterocycles. The maximum Gasteiger partial charge on any atom is 0.0461 e. The molecule has 0 saturated carbocycles. The molecule has 1 aromatic rings. The second-order valence-corrected chi connectivity index (χ2v) is 2.77. The first-order valence-corrected chi connectivity index (χ1v) is 3.51. The van der Waals surface area contributed by atoms with Crippen LogP contribution in [0.5, 0.6) is 0 Å². The molecular formula is C7H9BrClN. The van der Waals surface area contributed by atoms with E-state index in [9.17, 15) is 0 Å². The van der Waals surface area contributed by atoms with E-state index >= 15 is 0 Å². The van der Waals surface area contributed by atoms with Crippen LogP contribution in [0, 0.1) is 6.92 Å². The average Bonchev–Trinajstić information content (AvgIpc) is 1.83. The van der Waals surface area contributed by atoms with Gasteiger partial charge in [0, 0.05) is 10.2 Å². The van der Waals surface area contributed by atoms with Gasteiger partial charge in [-0.3, -0.25) is 0 Å². The quantitative estimate of drug-likeness (QED) is 0.671. The monoisotopic (exact) mass is 221 g/mol. The van der Waals surface area contributed by atoms with Gasteiger partial charge in [0.1, 0.15) is 0 Å². The van der Waals surface area contributed by atoms with Crippen LogP contribution >= 0.6 is 28.3 Å². The van der Waals surface area contributed by atoms with E-state index in [4.69, 9.17) is 5.73 Å². The summed E-state index contributed by atoms with van der Waals surface area (Å²) in [5, 5.41) is 0. The van der Waals surface area contributed by atoms with Crippen molar-refractivity contribution in [1.29, 1.82) is 0 Å². The highest BCUT2D eigenvalue weighted by Gasteiger charge is 1.94. The van der Waals surface area contributed by atoms with Crippen LogP contribution in [0.2, 0.25) is 0 Å². The number of halogens is 2. The molecule has 0 fully saturated rings. The highest BCUT2D eigenvalue weighted by Crippen LogP contribution is 2.22. The van der Waals surface area contributed by atoms with E-state index in [1.165, 1.54) is 5.56 Å². The minimum Gasteiger partial charge on any atom is -0.398 e. The third-order valence-electron chi connectivity index (χ3n) is 1.22. The second-order valence-electron chi connectivity index (χ2n) is 1.98. The number of benzene rings is 1. The molecule has 0 spiro atoms. The highest BCUT2D eigenvalue weighted by molar-refractivity contribution is 9.10. The Balaban J connectivity index is 0.000000810. The summed E-state index contributed by atoms with van der Waals surface area (Å²) in [5.41, 5.74) is 7.55. The van der Waals surface area contributed by atoms with Crippen molar-refractivity contribution in [2.24, 2.45) is 0 Å². The fourth-order valence-electron chi connectivity index (χ4n) is 0.670. The van der Waals surface area contributed by atoms with E-state index in [-0.39, 0.29) is 12.4 Å². The van der Waals surface area contributed by atoms with Crippen molar-refractivity contribution >= 4 is 34.0 Å². The minimum absolute atomic E-state index is 0. The van der Waals surface area contributed by atoms with Crippen molar-refractivity contribution in [3.8, 4) is 0 Å². The van der Waals surface area contributed by atoms with Crippen molar-refractivity contribution in [2.75, 3.05) is 5.73 Å². The Kier molecular flexibility index (Phi) is 3.76. The molecule has 2 N–H and O–H groups in total. The largest absolute Gasteiger partial charge is 0.398 e. The van der Waals surface area contributed by atoms with E-state index in [0.717, 1.165) is 10.2 Å². The van der Waals surface area contributed by atoms with Crippen LogP contribution in [0.15, 0.2) is 22.7 Å². The number of anilines is 1. The van der Waals surface area contributed by atoms with E-state index in [0.29, 0.717) is 0 Å². The van der Waals surface area contributed by atoms with Crippen LogP contribution in [-0.4, -0.2) is 0 Å². The molecule has 0 aliphatic rings. The first-order valence-electron chi connectivity index (χ1n) is 2.72. The topological polar surface area (TPSA) is 26.0 Å². The van der Waals surface area contributed by atoms with Crippen LogP contribution < -0.4 is 5.73 Å². The molecule has 1 aromatic carbocycles. The molecule has 3 heteroatoms. The van der Waals surface area contributed by atoms with Crippen LogP contribution in [0.4, 0.5) is 5.69 Å². The Labute approximate surface area is 75.2 Å². The predicted molar refractivity (Wildman–Crippen MR) is 50.5 cm³/mol. The van der Waals surface area contributed by atoms with Gasteiger partial charge in [0.25, 0.3) is 0 Å². The number of rotatable bonds is 0. The van der Waals surface area contributed by atoms with Gasteiger partial charge in [-0.05, 0) is 34.5 Å². The number of nitrogen functional groups attached to an aromatic ring is 1. The molecule has 10 heavy (non-hydrogen) atoms. The van der Waals surface area contributed by atoms with Crippen molar-refractivity contribution in [3.63, 3.8) is 0 Å². The minimum atomic E-state index is 0. The molecule has 56 valence electrons. The number of nitrogens with two attached hydrogens (primary N) is 1. The lowest BCUT2D eigenvalue weighted by Crippen LogP contribution is -1.86. The number of hydrogen-bond donors (Lipinski definition) is 1. The molecule has 1 rings (SSSR count). The van der Waals surface area contributed by atoms with Gasteiger partial charge in [-0.25, -0.2) is 0 Å². The molecular weight excluding hydrogens is 213 g/mol. The van der Waals surface area contributed by atoms with Crippen molar-refractivity contribution in [3.05, 3.63) is 28.2 Å². The van der Waals surface area contributed by atoms with Gasteiger partial charge >= 0.3 is 0 Å². The Morgan fingerprint density at radius 1 is 1.40 bits per heavy atom. The maximum absolute atomic E-state index is 5.57. The SMILES string of the molecule is Cc1cccc(N)c1Br.Cl. The Morgan fingerprint density at radius 2 is 2.00 bits per heavy atom. The summed E-state index contributed by atoms with van der Waals surface area (Å²) < 4.78 is 1.00. The summed E-state index contributed by atoms with van der Waals surface area (Å²) in [7, 11) is 0. The molecule has 1 nitrogen and oxygen atoms in total. The second kappa shape index (κ2) is 3.84. The fraction of sp³-hybridized carbons (Fsp3) is 0.143. The summed E-state index contributed by atoms with van der Waals surface area (Å²) in [6.07, 6.45) is 0. The third-order valence-corrected chi connectivity index (χ3v) is 2.30. The smallest absolute Gasteiger partial charge is 0.0461 e. The van der Waals surface area contributed by atoms with Gasteiger partial charge in [0.2, 0.25) is 0 Å². The highest BCUT2D eigenvalue weighted by atomic mass is 79.9. The van der Waals surface area contributed by atoms with Crippen molar-refractivity contribution in [2.45, 2.75) is 6.92 Å². The summed E-state index contributed by atoms with van der Waals surface area (Å²) in [5.74, 6) is 0. The molecule has 0 aliphatic heterocycles. The first kappa shape index (κ1) is 9.79. The van der Waals surface area contributed by atoms with Gasteiger partial charge in [-0.1, -0.05) is 12.1 Å². The van der Waals surface area contributed by atoms with Crippen LogP contribution in [0.3, 0.4) is 0 Å². The van der Waals surface area contributed by atoms with Crippen LogP contribution in [-0.2, 0) is 0 Å². The third kappa shape index (κ3) is 1.89. The van der Waals surface area contributed by atoms with Crippen molar-refractivity contribution in [1.82, 2.24) is 0 Å². The lowest BCUT2D eigenvalue weighted by atomic mass is 10.2. The molecule has 0 saturated heterocycles. The van der Waals surface area contributed by atoms with Gasteiger partial charge < -0.3 is 5.73 Å². The zero-order chi connectivity index (χ0) is 6.85. The van der Waals surface area contributed by atoms with E-state index < -0.39 is 0 Å². The zero-order valence-electron chi connectivity index (χ0n) is 5.60. The van der Waals surface area contributed by atoms with Crippen LogP contribution in [0.25, 0.3) is 0 Å². The predicted octanol–water partition coefficient (Wildman–Crippen LogP) is 2.76. The fourth-order valence-corrected chi connectivity index (χ4v) is 0.934. The molecule has 0 aliphatic carbocycles. The Morgan fingerprint density at radius 3 is 2.40 bits per heavy atom. The Bertz CT molecular complexity index is 205. The molecule has 0 radical (unpaired) electrons. The Hall–Kier alpha value is -0.210. The van der Waals surface area contributed by atoms with Gasteiger partial charge in [-0.2, -0.15) is 0 Å². The van der Waals surface area contributed by atoms with Crippen LogP contribution in [0.1, 0.15) is 5.56 Å². The van der Waals surface area contributed by atoms with Gasteiger partial charge in [0.15, 0.2) is 0 Å². The first-order chi connectivity index (χ1) is 4.22. The lowest BCUT2D eigenvalue weighted by Gasteiger charge is -1.98. The molecule has 0 heterocycles. The van der Waals surface area contributed by atoms with Crippen molar-refractivity contribution < 1.29 is 0 Å². The summed E-state index contributed by atoms with van der Waals surface area (Å²) in [4.78, 5) is 0. The average molecular weight is 223 g/mol. The number of aryl methyl sites for hydroxylation is 1. The van der Waals surface area contributed by atoms with Gasteiger partial charge in [-0.15, -0.1) is 12.4 Å². The summed E-state index contributed by atoms with van der Waals surface area (Å²) in [6, 6.07) is 5.83. The molecule has 0 bridgehead atoms. The lowest BCUT2D eigenvalue weighted by molar-refractivity contribution is 1.43. The normalized spacial score (nSPS) is 8.60. The number of hydrogen-bond acceptors (Lipinski definition) is 1. The van der Waals surface area contributed by atoms with E-state index in [1.54, 1.807) is 0 Å². The molecule has 0 unspecified atom stereocenters. The maximum atomic E-state index is 5.57. The van der Waals surface area contributed by atoms with E-state index in [1.807, 2.05) is 25.1 Å². The summed E-state index contributed by atoms with van der Waals surface area (Å²) >= 11 is 3.35. The summed E-state index contributed by atoms with van der Waals surface area (Å²) in [6.45, 7) is 2.01. The molecule has 0 atom stereocenters. The zero-order valence-corrected chi connectivity index (χ0v) is 8.00. The standard InChI is InChI=1S/C7H8BrN.ClH/c1-5-3-2-4-6(9)7(5)8;/h2-4H,9H2,1H3;1H. The molecule has 0 amide bonds. The van der Waals surface area contributed by atoms with Gasteiger partial charge in [0.05, 0.1) is 0 Å². The van der Waals surface area contributed by atoms with E-state index in [2.05, 4.69) is 15.9 Å².